The monoisotopic (exact) mass is 621 g/mol. The highest BCUT2D eigenvalue weighted by Crippen LogP contribution is 2.34. The fourth-order valence-corrected chi connectivity index (χ4v) is 3.52. The van der Waals surface area contributed by atoms with Crippen molar-refractivity contribution in [3.63, 3.8) is 0 Å². The molecule has 2 aromatic carbocycles. The lowest BCUT2D eigenvalue weighted by Gasteiger charge is -2.14. The summed E-state index contributed by atoms with van der Waals surface area (Å²) >= 11 is 1.99. The Hall–Kier alpha value is -3.36. The molecule has 2 N–H and O–H groups in total. The molecule has 0 radical (unpaired) electrons. The predicted octanol–water partition coefficient (Wildman–Crippen LogP) is 4.13. The van der Waals surface area contributed by atoms with E-state index in [1.54, 1.807) is 26.0 Å². The molecule has 0 heterocycles. The SMILES string of the molecule is CCOC(=O)COc1c(I)cc(C=NNC(=O)CC(=O)Nc2cccc(C(F)(F)F)c2)cc1OCC. The number of hydrogen-bond acceptors (Lipinski definition) is 7. The van der Waals surface area contributed by atoms with Crippen molar-refractivity contribution in [1.82, 2.24) is 5.43 Å². The minimum Gasteiger partial charge on any atom is -0.490 e. The normalized spacial score (nSPS) is 11.2. The minimum absolute atomic E-state index is 0.0885. The van der Waals surface area contributed by atoms with Crippen molar-refractivity contribution >= 4 is 52.3 Å². The molecule has 0 unspecified atom stereocenters. The zero-order chi connectivity index (χ0) is 26.7. The summed E-state index contributed by atoms with van der Waals surface area (Å²) < 4.78 is 54.9. The Morgan fingerprint density at radius 1 is 1.06 bits per heavy atom. The summed E-state index contributed by atoms with van der Waals surface area (Å²) in [4.78, 5) is 35.6. The van der Waals surface area contributed by atoms with E-state index in [1.807, 2.05) is 22.6 Å². The lowest BCUT2D eigenvalue weighted by atomic mass is 10.2. The molecular weight excluding hydrogens is 598 g/mol. The minimum atomic E-state index is -4.56. The first-order valence-electron chi connectivity index (χ1n) is 10.6. The highest BCUT2D eigenvalue weighted by atomic mass is 127. The molecule has 0 saturated carbocycles. The Labute approximate surface area is 218 Å². The first-order chi connectivity index (χ1) is 17.0. The molecule has 0 spiro atoms. The van der Waals surface area contributed by atoms with Gasteiger partial charge >= 0.3 is 12.1 Å². The van der Waals surface area contributed by atoms with Gasteiger partial charge in [-0.15, -0.1) is 0 Å². The van der Waals surface area contributed by atoms with Crippen molar-refractivity contribution in [3.05, 3.63) is 51.1 Å². The number of halogens is 4. The third-order valence-electron chi connectivity index (χ3n) is 4.17. The van der Waals surface area contributed by atoms with E-state index < -0.39 is 35.9 Å². The summed E-state index contributed by atoms with van der Waals surface area (Å²) in [6, 6.07) is 7.32. The van der Waals surface area contributed by atoms with Gasteiger partial charge in [-0.2, -0.15) is 18.3 Å². The first kappa shape index (κ1) is 28.9. The van der Waals surface area contributed by atoms with Crippen LogP contribution in [0.2, 0.25) is 0 Å². The number of benzene rings is 2. The zero-order valence-corrected chi connectivity index (χ0v) is 21.4. The van der Waals surface area contributed by atoms with Gasteiger partial charge in [-0.05, 0) is 72.3 Å². The molecule has 0 aliphatic heterocycles. The molecule has 0 saturated heterocycles. The molecule has 0 atom stereocenters. The number of carbonyl (C=O) groups is 3. The summed E-state index contributed by atoms with van der Waals surface area (Å²) in [5.74, 6) is -1.41. The lowest BCUT2D eigenvalue weighted by Crippen LogP contribution is -2.24. The van der Waals surface area contributed by atoms with Gasteiger partial charge < -0.3 is 19.5 Å². The van der Waals surface area contributed by atoms with Crippen LogP contribution in [0, 0.1) is 3.57 Å². The number of alkyl halides is 3. The van der Waals surface area contributed by atoms with E-state index in [9.17, 15) is 27.6 Å². The molecule has 0 aromatic heterocycles. The highest BCUT2D eigenvalue weighted by Gasteiger charge is 2.30. The van der Waals surface area contributed by atoms with Crippen LogP contribution in [-0.2, 0) is 25.3 Å². The summed E-state index contributed by atoms with van der Waals surface area (Å²) in [7, 11) is 0. The molecule has 0 fully saturated rings. The first-order valence-corrected chi connectivity index (χ1v) is 11.6. The summed E-state index contributed by atoms with van der Waals surface area (Å²) in [5, 5.41) is 6.03. The second-order valence-electron chi connectivity index (χ2n) is 6.95. The van der Waals surface area contributed by atoms with Gasteiger partial charge in [0.25, 0.3) is 0 Å². The van der Waals surface area contributed by atoms with Crippen LogP contribution in [0.3, 0.4) is 0 Å². The number of rotatable bonds is 11. The van der Waals surface area contributed by atoms with Crippen molar-refractivity contribution in [2.45, 2.75) is 26.4 Å². The lowest BCUT2D eigenvalue weighted by molar-refractivity contribution is -0.145. The van der Waals surface area contributed by atoms with Crippen molar-refractivity contribution < 1.29 is 41.8 Å². The molecule has 36 heavy (non-hydrogen) atoms. The number of anilines is 1. The quantitative estimate of drug-likeness (QED) is 0.128. The van der Waals surface area contributed by atoms with E-state index in [1.165, 1.54) is 12.3 Å². The Kier molecular flexibility index (Phi) is 11.0. The largest absolute Gasteiger partial charge is 0.490 e. The van der Waals surface area contributed by atoms with Gasteiger partial charge in [0.1, 0.15) is 6.42 Å². The summed E-state index contributed by atoms with van der Waals surface area (Å²) in [6.45, 7) is 3.71. The fourth-order valence-electron chi connectivity index (χ4n) is 2.74. The maximum absolute atomic E-state index is 12.8. The Morgan fingerprint density at radius 2 is 1.81 bits per heavy atom. The maximum Gasteiger partial charge on any atom is 0.416 e. The molecule has 0 bridgehead atoms. The van der Waals surface area contributed by atoms with Crippen LogP contribution in [0.15, 0.2) is 41.5 Å². The van der Waals surface area contributed by atoms with Crippen LogP contribution in [-0.4, -0.2) is 43.8 Å². The van der Waals surface area contributed by atoms with Gasteiger partial charge in [-0.25, -0.2) is 10.2 Å². The number of hydrogen-bond donors (Lipinski definition) is 2. The highest BCUT2D eigenvalue weighted by molar-refractivity contribution is 14.1. The van der Waals surface area contributed by atoms with Gasteiger partial charge in [0.15, 0.2) is 18.1 Å². The zero-order valence-electron chi connectivity index (χ0n) is 19.3. The number of carbonyl (C=O) groups excluding carboxylic acids is 3. The van der Waals surface area contributed by atoms with Crippen molar-refractivity contribution in [1.29, 1.82) is 0 Å². The molecule has 2 rings (SSSR count). The van der Waals surface area contributed by atoms with Crippen molar-refractivity contribution in [3.8, 4) is 11.5 Å². The standard InChI is InChI=1S/C23H23F3IN3O6/c1-3-34-18-9-14(8-17(27)22(18)36-13-21(33)35-4-2)12-28-30-20(32)11-19(31)29-16-7-5-6-15(10-16)23(24,25)26/h5-10,12H,3-4,11,13H2,1-2H3,(H,29,31)(H,30,32). The van der Waals surface area contributed by atoms with E-state index in [2.05, 4.69) is 15.8 Å². The van der Waals surface area contributed by atoms with Crippen LogP contribution in [0.25, 0.3) is 0 Å². The smallest absolute Gasteiger partial charge is 0.416 e. The van der Waals surface area contributed by atoms with Gasteiger partial charge in [-0.1, -0.05) is 6.07 Å². The third-order valence-corrected chi connectivity index (χ3v) is 4.97. The van der Waals surface area contributed by atoms with Gasteiger partial charge in [0, 0.05) is 5.69 Å². The molecule has 2 amide bonds. The van der Waals surface area contributed by atoms with Crippen LogP contribution < -0.4 is 20.2 Å². The molecule has 0 aliphatic carbocycles. The number of amides is 2. The Bertz CT molecular complexity index is 1120. The van der Waals surface area contributed by atoms with E-state index in [0.29, 0.717) is 27.2 Å². The molecule has 2 aromatic rings. The Morgan fingerprint density at radius 3 is 2.47 bits per heavy atom. The summed E-state index contributed by atoms with van der Waals surface area (Å²) in [5.41, 5.74) is 1.69. The number of nitrogens with zero attached hydrogens (tertiary/aromatic N) is 1. The second-order valence-corrected chi connectivity index (χ2v) is 8.12. The van der Waals surface area contributed by atoms with E-state index in [-0.39, 0.29) is 18.9 Å². The topological polar surface area (TPSA) is 115 Å². The number of nitrogens with one attached hydrogen (secondary N) is 2. The van der Waals surface area contributed by atoms with Gasteiger partial charge in [0.2, 0.25) is 11.8 Å². The molecule has 194 valence electrons. The third kappa shape index (κ3) is 9.36. The molecule has 0 aliphatic rings. The molecule has 9 nitrogen and oxygen atoms in total. The number of esters is 1. The van der Waals surface area contributed by atoms with Crippen molar-refractivity contribution in [2.75, 3.05) is 25.1 Å². The number of ether oxygens (including phenoxy) is 3. The molecular formula is C23H23F3IN3O6. The van der Waals surface area contributed by atoms with Gasteiger partial charge in [0.05, 0.1) is 28.6 Å². The molecule has 13 heteroatoms. The van der Waals surface area contributed by atoms with E-state index >= 15 is 0 Å². The van der Waals surface area contributed by atoms with Crippen LogP contribution >= 0.6 is 22.6 Å². The average molecular weight is 621 g/mol. The van der Waals surface area contributed by atoms with Crippen LogP contribution in [0.1, 0.15) is 31.4 Å². The fraction of sp³-hybridized carbons (Fsp3) is 0.304. The average Bonchev–Trinajstić information content (AvgIpc) is 2.78. The maximum atomic E-state index is 12.8. The van der Waals surface area contributed by atoms with Gasteiger partial charge in [-0.3, -0.25) is 9.59 Å². The van der Waals surface area contributed by atoms with E-state index in [0.717, 1.165) is 18.2 Å². The Balaban J connectivity index is 1.97. The van der Waals surface area contributed by atoms with Crippen LogP contribution in [0.4, 0.5) is 18.9 Å². The van der Waals surface area contributed by atoms with Crippen molar-refractivity contribution in [2.24, 2.45) is 5.10 Å². The summed E-state index contributed by atoms with van der Waals surface area (Å²) in [6.07, 6.45) is -3.91. The second kappa shape index (κ2) is 13.7. The number of hydrazone groups is 1. The predicted molar refractivity (Wildman–Crippen MR) is 133 cm³/mol. The van der Waals surface area contributed by atoms with E-state index in [4.69, 9.17) is 14.2 Å². The van der Waals surface area contributed by atoms with Crippen LogP contribution in [0.5, 0.6) is 11.5 Å².